The third-order valence-electron chi connectivity index (χ3n) is 20.2. The zero-order valence-electron chi connectivity index (χ0n) is 42.7. The summed E-state index contributed by atoms with van der Waals surface area (Å²) < 4.78 is 6.61. The van der Waals surface area contributed by atoms with Crippen LogP contribution in [0.3, 0.4) is 0 Å². The molecule has 7 N–H and O–H groups in total. The first-order valence-corrected chi connectivity index (χ1v) is 26.5. The van der Waals surface area contributed by atoms with E-state index in [4.69, 9.17) is 10.5 Å². The highest BCUT2D eigenvalue weighted by molar-refractivity contribution is 6.00. The minimum Gasteiger partial charge on any atom is -0.508 e. The van der Waals surface area contributed by atoms with E-state index in [1.54, 1.807) is 6.07 Å². The molecule has 2 aliphatic heterocycles. The number of rotatable bonds is 11. The lowest BCUT2D eigenvalue weighted by molar-refractivity contribution is -0.198. The molecule has 4 saturated carbocycles. The number of hydrogen-bond donors (Lipinski definition) is 6. The number of ether oxygens (including phenoxy) is 1. The van der Waals surface area contributed by atoms with Gasteiger partial charge in [-0.1, -0.05) is 85.4 Å². The van der Waals surface area contributed by atoms with Crippen LogP contribution in [0.4, 0.5) is 5.69 Å². The lowest BCUT2D eigenvalue weighted by Crippen LogP contribution is -2.70. The number of aliphatic hydroxyl groups excluding tert-OH is 1. The van der Waals surface area contributed by atoms with Gasteiger partial charge in [0.05, 0.1) is 17.3 Å². The van der Waals surface area contributed by atoms with Gasteiger partial charge in [-0.05, 0) is 184 Å². The Balaban J connectivity index is 1.02. The summed E-state index contributed by atoms with van der Waals surface area (Å²) in [6, 6.07) is 12.3. The van der Waals surface area contributed by atoms with Gasteiger partial charge in [0.25, 0.3) is 0 Å². The largest absolute Gasteiger partial charge is 0.508 e. The number of aliphatic hydroxyl groups is 2. The first-order valence-electron chi connectivity index (χ1n) is 26.5. The molecular weight excluding hydrogens is 835 g/mol. The van der Waals surface area contributed by atoms with E-state index < -0.39 is 28.1 Å². The Morgan fingerprint density at radius 2 is 1.63 bits per heavy atom. The van der Waals surface area contributed by atoms with Crippen LogP contribution in [-0.2, 0) is 27.3 Å². The molecule has 0 spiro atoms. The second-order valence-electron chi connectivity index (χ2n) is 25.4. The smallest absolute Gasteiger partial charge is 0.159 e. The van der Waals surface area contributed by atoms with Crippen molar-refractivity contribution in [2.24, 2.45) is 51.2 Å². The first-order chi connectivity index (χ1) is 31.5. The second kappa shape index (κ2) is 17.3. The standard InChI is InChI=1S/C58H85N3O6/c1-33(2)20-35-22-37(26-39(59)24-35)41-14-13-15-43(41)58(9)52(67-58)46(63)21-34(3)49-44-16-17-48-55(6)28-42(38-23-36(31-60-10)25-40(62)27-38)51(65)54(5)19-12-11-18-53(4,66)32-61-45(50(54)55)29-57(48,8)56(44,7)30-47(49)64/h22-27,33-34,41-43,45-46,48,50,52,60-63,66H,11-21,28-32,59H2,1-10H3/t34-,41+,42-,43-,45+,46-,48-,50+,52-,53-,54-,55+,56+,57+,58-/m1/s1. The average Bonchev–Trinajstić information content (AvgIpc) is 3.53. The predicted molar refractivity (Wildman–Crippen MR) is 267 cm³/mol. The van der Waals surface area contributed by atoms with E-state index in [9.17, 15) is 20.1 Å². The number of benzene rings is 2. The van der Waals surface area contributed by atoms with Gasteiger partial charge >= 0.3 is 0 Å². The Morgan fingerprint density at radius 3 is 2.36 bits per heavy atom. The van der Waals surface area contributed by atoms with E-state index in [2.05, 4.69) is 90.3 Å². The molecule has 0 bridgehead atoms. The van der Waals surface area contributed by atoms with Crippen molar-refractivity contribution in [3.05, 3.63) is 69.8 Å². The number of Topliss-reactive ketones (excluding diaryl/α,β-unsaturated/α-hetero) is 2. The van der Waals surface area contributed by atoms with E-state index in [1.165, 1.54) is 16.7 Å². The number of nitrogen functional groups attached to an aromatic ring is 1. The number of phenols is 1. The molecule has 0 unspecified atom stereocenters. The number of phenolic OH excluding ortho intramolecular Hbond substituents is 1. The van der Waals surface area contributed by atoms with Crippen molar-refractivity contribution in [1.82, 2.24) is 10.6 Å². The number of ketones is 2. The van der Waals surface area contributed by atoms with Crippen molar-refractivity contribution in [3.63, 3.8) is 0 Å². The molecule has 0 amide bonds. The maximum atomic E-state index is 15.4. The van der Waals surface area contributed by atoms with Gasteiger partial charge in [0.1, 0.15) is 17.6 Å². The van der Waals surface area contributed by atoms with Crippen LogP contribution in [0.5, 0.6) is 5.75 Å². The SMILES string of the molecule is CNCc1cc(O)cc([C@H]2C[C@]3(C)[C@H]4[C@H](C[C@@]5(C)[C@@H]3CCC3=C([C@H](C)C[C@@H](O)[C@H]6O[C@]6(C)[C@@H]6CCC[C@H]6c6cc(N)cc(CC(C)C)c6)C(=O)C[C@@]35C)NC[C@](C)(O)CCCC[C@@]4(C)C2=O)c1. The normalized spacial score (nSPS) is 41.7. The Morgan fingerprint density at radius 1 is 0.896 bits per heavy atom. The molecule has 67 heavy (non-hydrogen) atoms. The summed E-state index contributed by atoms with van der Waals surface area (Å²) >= 11 is 0. The topological polar surface area (TPSA) is 157 Å². The minimum absolute atomic E-state index is 0.0393. The summed E-state index contributed by atoms with van der Waals surface area (Å²) in [6.07, 6.45) is 10.7. The third kappa shape index (κ3) is 8.18. The Labute approximate surface area is 402 Å². The predicted octanol–water partition coefficient (Wildman–Crippen LogP) is 10.1. The number of carbonyl (C=O) groups is 2. The van der Waals surface area contributed by atoms with Gasteiger partial charge in [0, 0.05) is 48.0 Å². The fourth-order valence-corrected chi connectivity index (χ4v) is 17.3. The van der Waals surface area contributed by atoms with Crippen LogP contribution in [-0.4, -0.2) is 69.9 Å². The van der Waals surface area contributed by atoms with Gasteiger partial charge in [-0.15, -0.1) is 0 Å². The van der Waals surface area contributed by atoms with Crippen molar-refractivity contribution in [1.29, 1.82) is 0 Å². The lowest BCUT2D eigenvalue weighted by Gasteiger charge is -2.71. The van der Waals surface area contributed by atoms with E-state index in [0.29, 0.717) is 56.5 Å². The molecule has 2 aromatic rings. The third-order valence-corrected chi connectivity index (χ3v) is 20.2. The first kappa shape index (κ1) is 48.9. The van der Waals surface area contributed by atoms with E-state index in [-0.39, 0.29) is 64.0 Å². The number of anilines is 1. The molecule has 2 heterocycles. The zero-order valence-corrected chi connectivity index (χ0v) is 42.7. The van der Waals surface area contributed by atoms with Crippen molar-refractivity contribution in [2.75, 3.05) is 19.3 Å². The molecule has 9 heteroatoms. The summed E-state index contributed by atoms with van der Waals surface area (Å²) in [5.41, 5.74) is 11.1. The van der Waals surface area contributed by atoms with E-state index in [0.717, 1.165) is 86.6 Å². The molecule has 15 atom stereocenters. The van der Waals surface area contributed by atoms with Crippen LogP contribution in [0.15, 0.2) is 47.5 Å². The summed E-state index contributed by atoms with van der Waals surface area (Å²) in [5, 5.41) is 42.0. The fourth-order valence-electron chi connectivity index (χ4n) is 17.3. The summed E-state index contributed by atoms with van der Waals surface area (Å²) in [6.45, 7) is 21.4. The number of carbonyl (C=O) groups excluding carboxylic acids is 2. The molecular formula is C58H85N3O6. The minimum atomic E-state index is -0.866. The molecule has 368 valence electrons. The summed E-state index contributed by atoms with van der Waals surface area (Å²) in [5.74, 6) is 1.67. The van der Waals surface area contributed by atoms with E-state index >= 15 is 4.79 Å². The quantitative estimate of drug-likeness (QED) is 0.0954. The van der Waals surface area contributed by atoms with Crippen LogP contribution >= 0.6 is 0 Å². The number of fused-ring (bicyclic) bond motifs is 4. The molecule has 0 radical (unpaired) electrons. The zero-order chi connectivity index (χ0) is 48.2. The van der Waals surface area contributed by atoms with Crippen molar-refractivity contribution >= 4 is 17.3 Å². The number of nitrogens with one attached hydrogen (secondary N) is 2. The lowest BCUT2D eigenvalue weighted by atomic mass is 9.34. The number of β-amino-alcohol motifs (C(OH)–C–C–N with tert-alkyl or cyclic N) is 1. The van der Waals surface area contributed by atoms with Crippen LogP contribution in [0.2, 0.25) is 0 Å². The van der Waals surface area contributed by atoms with Crippen molar-refractivity contribution in [2.45, 2.75) is 200 Å². The van der Waals surface area contributed by atoms with Crippen LogP contribution < -0.4 is 16.4 Å². The van der Waals surface area contributed by atoms with Crippen LogP contribution in [0.1, 0.15) is 180 Å². The maximum Gasteiger partial charge on any atom is 0.159 e. The molecule has 5 aliphatic carbocycles. The van der Waals surface area contributed by atoms with Gasteiger partial charge < -0.3 is 36.4 Å². The Kier molecular flexibility index (Phi) is 12.7. The highest BCUT2D eigenvalue weighted by Gasteiger charge is 2.72. The second-order valence-corrected chi connectivity index (χ2v) is 25.4. The molecule has 0 aromatic heterocycles. The van der Waals surface area contributed by atoms with Gasteiger partial charge in [0.2, 0.25) is 0 Å². The number of hydrogen-bond acceptors (Lipinski definition) is 9. The van der Waals surface area contributed by atoms with Crippen LogP contribution in [0, 0.1) is 51.2 Å². The van der Waals surface area contributed by atoms with Crippen molar-refractivity contribution < 1.29 is 29.6 Å². The van der Waals surface area contributed by atoms with Gasteiger partial charge in [-0.2, -0.15) is 0 Å². The molecule has 7 aliphatic rings. The number of nitrogens with two attached hydrogens (primary N) is 1. The molecule has 9 nitrogen and oxygen atoms in total. The van der Waals surface area contributed by atoms with Gasteiger partial charge in [-0.25, -0.2) is 0 Å². The number of epoxide rings is 1. The molecule has 2 saturated heterocycles. The number of allylic oxidation sites excluding steroid dienone is 2. The summed E-state index contributed by atoms with van der Waals surface area (Å²) in [7, 11) is 1.90. The average molecular weight is 920 g/mol. The molecule has 2 aromatic carbocycles. The maximum absolute atomic E-state index is 15.4. The fraction of sp³-hybridized carbons (Fsp3) is 0.724. The van der Waals surface area contributed by atoms with Gasteiger partial charge in [-0.3, -0.25) is 9.59 Å². The highest BCUT2D eigenvalue weighted by atomic mass is 16.6. The molecule has 6 fully saturated rings. The highest BCUT2D eigenvalue weighted by Crippen LogP contribution is 2.75. The Hall–Kier alpha value is -3.08. The number of aromatic hydroxyl groups is 1. The van der Waals surface area contributed by atoms with E-state index in [1.807, 2.05) is 20.0 Å². The van der Waals surface area contributed by atoms with Crippen LogP contribution in [0.25, 0.3) is 0 Å². The summed E-state index contributed by atoms with van der Waals surface area (Å²) in [4.78, 5) is 30.2. The van der Waals surface area contributed by atoms with Crippen molar-refractivity contribution in [3.8, 4) is 5.75 Å². The van der Waals surface area contributed by atoms with Gasteiger partial charge in [0.15, 0.2) is 5.78 Å². The molecule has 9 rings (SSSR count). The Bertz CT molecular complexity index is 2290. The monoisotopic (exact) mass is 920 g/mol.